The zero-order valence-corrected chi connectivity index (χ0v) is 26.7. The first-order valence-electron chi connectivity index (χ1n) is 14.9. The third kappa shape index (κ3) is 5.51. The van der Waals surface area contributed by atoms with Gasteiger partial charge in [-0.15, -0.1) is 11.3 Å². The number of fused-ring (bicyclic) bond motifs is 1. The van der Waals surface area contributed by atoms with Crippen LogP contribution >= 0.6 is 11.3 Å². The molecule has 6 aromatic rings. The smallest absolute Gasteiger partial charge is 0.256 e. The van der Waals surface area contributed by atoms with E-state index < -0.39 is 27.2 Å². The van der Waals surface area contributed by atoms with Gasteiger partial charge in [0, 0.05) is 46.0 Å². The van der Waals surface area contributed by atoms with Crippen molar-refractivity contribution in [2.24, 2.45) is 5.92 Å². The van der Waals surface area contributed by atoms with E-state index in [1.807, 2.05) is 85.0 Å². The van der Waals surface area contributed by atoms with Gasteiger partial charge in [0.15, 0.2) is 15.5 Å². The molecule has 3 heterocycles. The average Bonchev–Trinajstić information content (AvgIpc) is 3.76. The summed E-state index contributed by atoms with van der Waals surface area (Å²) in [5, 5.41) is 5.01. The molecule has 0 saturated carbocycles. The van der Waals surface area contributed by atoms with Gasteiger partial charge in [-0.3, -0.25) is 9.67 Å². The van der Waals surface area contributed by atoms with E-state index in [1.165, 1.54) is 10.9 Å². The third-order valence-electron chi connectivity index (χ3n) is 8.55. The second-order valence-electron chi connectivity index (χ2n) is 11.5. The van der Waals surface area contributed by atoms with Crippen LogP contribution in [0.15, 0.2) is 138 Å². The van der Waals surface area contributed by atoms with E-state index in [0.29, 0.717) is 33.3 Å². The predicted molar refractivity (Wildman–Crippen MR) is 180 cm³/mol. The van der Waals surface area contributed by atoms with Crippen LogP contribution in [0.25, 0.3) is 32.5 Å². The molecule has 3 aromatic heterocycles. The van der Waals surface area contributed by atoms with Crippen molar-refractivity contribution in [2.45, 2.75) is 22.3 Å². The summed E-state index contributed by atoms with van der Waals surface area (Å²) in [6, 6.07) is 29.1. The number of alkyl halides is 3. The topological polar surface area (TPSA) is 64.8 Å². The maximum atomic E-state index is 15.0. The SMILES string of the molecule is CS(=O)(=O)c1ccc(-c2ccnc3ccc(-c4cn(C(c5ccccc5)(c5ccccc5)C5C=CC=CC5)nc4C(F)(F)F)cc23)s1. The largest absolute Gasteiger partial charge is 0.435 e. The summed E-state index contributed by atoms with van der Waals surface area (Å²) < 4.78 is 71.0. The van der Waals surface area contributed by atoms with Gasteiger partial charge in [-0.05, 0) is 53.4 Å². The summed E-state index contributed by atoms with van der Waals surface area (Å²) in [5.74, 6) is -0.249. The summed E-state index contributed by atoms with van der Waals surface area (Å²) in [6.07, 6.45) is 8.04. The zero-order chi connectivity index (χ0) is 32.8. The molecule has 47 heavy (non-hydrogen) atoms. The van der Waals surface area contributed by atoms with Gasteiger partial charge in [0.25, 0.3) is 0 Å². The Balaban J connectivity index is 1.48. The average molecular weight is 668 g/mol. The van der Waals surface area contributed by atoms with Crippen molar-refractivity contribution < 1.29 is 21.6 Å². The normalized spacial score (nSPS) is 15.4. The Morgan fingerprint density at radius 3 is 2.15 bits per heavy atom. The number of aromatic nitrogens is 3. The molecule has 236 valence electrons. The van der Waals surface area contributed by atoms with Crippen LogP contribution < -0.4 is 0 Å². The second-order valence-corrected chi connectivity index (χ2v) is 14.8. The minimum Gasteiger partial charge on any atom is -0.256 e. The molecule has 1 unspecified atom stereocenters. The highest BCUT2D eigenvalue weighted by Gasteiger charge is 2.46. The van der Waals surface area contributed by atoms with Crippen LogP contribution in [-0.2, 0) is 21.6 Å². The van der Waals surface area contributed by atoms with Crippen LogP contribution in [0.5, 0.6) is 0 Å². The molecule has 0 radical (unpaired) electrons. The minimum absolute atomic E-state index is 0.0659. The number of nitrogens with zero attached hydrogens (tertiary/aromatic N) is 3. The maximum Gasteiger partial charge on any atom is 0.435 e. The van der Waals surface area contributed by atoms with Gasteiger partial charge < -0.3 is 0 Å². The highest BCUT2D eigenvalue weighted by atomic mass is 32.2. The molecular weight excluding hydrogens is 640 g/mol. The number of thiophene rings is 1. The molecule has 10 heteroatoms. The van der Waals surface area contributed by atoms with Gasteiger partial charge in [-0.25, -0.2) is 8.42 Å². The molecule has 0 fully saturated rings. The summed E-state index contributed by atoms with van der Waals surface area (Å²) in [6.45, 7) is 0. The number of allylic oxidation sites excluding steroid dienone is 4. The molecule has 0 spiro atoms. The molecule has 1 atom stereocenters. The summed E-state index contributed by atoms with van der Waals surface area (Å²) in [4.78, 5) is 5.12. The fourth-order valence-corrected chi connectivity index (χ4v) is 8.44. The van der Waals surface area contributed by atoms with E-state index in [9.17, 15) is 21.6 Å². The number of sulfone groups is 1. The number of rotatable bonds is 7. The number of hydrogen-bond donors (Lipinski definition) is 0. The Hall–Kier alpha value is -4.80. The Bertz CT molecular complexity index is 2220. The molecule has 0 aliphatic heterocycles. The highest BCUT2D eigenvalue weighted by molar-refractivity contribution is 7.92. The lowest BCUT2D eigenvalue weighted by molar-refractivity contribution is -0.141. The third-order valence-corrected chi connectivity index (χ3v) is 11.5. The van der Waals surface area contributed by atoms with Crippen molar-refractivity contribution in [1.82, 2.24) is 14.8 Å². The van der Waals surface area contributed by atoms with Crippen LogP contribution in [0.3, 0.4) is 0 Å². The Kier molecular flexibility index (Phi) is 7.72. The van der Waals surface area contributed by atoms with Gasteiger partial charge in [0.2, 0.25) is 0 Å². The van der Waals surface area contributed by atoms with Crippen molar-refractivity contribution in [3.63, 3.8) is 0 Å². The zero-order valence-electron chi connectivity index (χ0n) is 25.1. The van der Waals surface area contributed by atoms with Crippen molar-refractivity contribution in [3.05, 3.63) is 151 Å². The van der Waals surface area contributed by atoms with Gasteiger partial charge in [0.1, 0.15) is 9.75 Å². The van der Waals surface area contributed by atoms with Crippen LogP contribution in [0.1, 0.15) is 23.2 Å². The second kappa shape index (κ2) is 11.8. The Labute approximate surface area is 274 Å². The maximum absolute atomic E-state index is 15.0. The van der Waals surface area contributed by atoms with E-state index in [0.717, 1.165) is 28.7 Å². The van der Waals surface area contributed by atoms with Crippen molar-refractivity contribution >= 4 is 32.1 Å². The van der Waals surface area contributed by atoms with Gasteiger partial charge >= 0.3 is 6.18 Å². The van der Waals surface area contributed by atoms with Crippen LogP contribution in [0.2, 0.25) is 0 Å². The predicted octanol–water partition coefficient (Wildman–Crippen LogP) is 9.17. The summed E-state index contributed by atoms with van der Waals surface area (Å²) in [7, 11) is -3.43. The number of hydrogen-bond acceptors (Lipinski definition) is 5. The van der Waals surface area contributed by atoms with Crippen LogP contribution in [0, 0.1) is 5.92 Å². The van der Waals surface area contributed by atoms with Gasteiger partial charge in [-0.1, -0.05) is 91.0 Å². The number of halogens is 3. The van der Waals surface area contributed by atoms with E-state index in [4.69, 9.17) is 0 Å². The van der Waals surface area contributed by atoms with Crippen LogP contribution in [-0.4, -0.2) is 29.4 Å². The molecule has 0 bridgehead atoms. The van der Waals surface area contributed by atoms with Gasteiger partial charge in [-0.2, -0.15) is 18.3 Å². The highest BCUT2D eigenvalue weighted by Crippen LogP contribution is 2.47. The monoisotopic (exact) mass is 667 g/mol. The Morgan fingerprint density at radius 1 is 0.851 bits per heavy atom. The van der Waals surface area contributed by atoms with Crippen molar-refractivity contribution in [1.29, 1.82) is 0 Å². The molecule has 0 saturated heterocycles. The van der Waals surface area contributed by atoms with Gasteiger partial charge in [0.05, 0.1) is 5.52 Å². The standard InChI is InChI=1S/C37H28F3N3O2S2/c1-47(44,45)34-20-19-33(46-34)29-21-22-41-32-18-17-25(23-30(29)32)31-24-43(42-35(31)37(38,39)40)36(26-11-5-2-6-12-26,27-13-7-3-8-14-27)28-15-9-4-10-16-28/h2-15,17-24,28H,16H2,1H3. The molecule has 5 nitrogen and oxygen atoms in total. The van der Waals surface area contributed by atoms with E-state index in [-0.39, 0.29) is 15.7 Å². The molecule has 0 N–H and O–H groups in total. The summed E-state index contributed by atoms with van der Waals surface area (Å²) in [5.41, 5.74) is 1.02. The fraction of sp³-hybridized carbons (Fsp3) is 0.135. The first-order chi connectivity index (χ1) is 22.6. The molecule has 1 aliphatic carbocycles. The van der Waals surface area contributed by atoms with E-state index in [2.05, 4.69) is 10.1 Å². The van der Waals surface area contributed by atoms with E-state index in [1.54, 1.807) is 42.6 Å². The van der Waals surface area contributed by atoms with Crippen molar-refractivity contribution in [2.75, 3.05) is 6.26 Å². The molecular formula is C37H28F3N3O2S2. The first kappa shape index (κ1) is 30.8. The molecule has 0 amide bonds. The lowest BCUT2D eigenvalue weighted by atomic mass is 9.70. The lowest BCUT2D eigenvalue weighted by Gasteiger charge is -2.41. The fourth-order valence-electron chi connectivity index (χ4n) is 6.47. The number of pyridine rings is 1. The summed E-state index contributed by atoms with van der Waals surface area (Å²) >= 11 is 1.11. The number of benzene rings is 3. The quantitative estimate of drug-likeness (QED) is 0.170. The molecule has 7 rings (SSSR count). The lowest BCUT2D eigenvalue weighted by Crippen LogP contribution is -2.43. The minimum atomic E-state index is -4.76. The van der Waals surface area contributed by atoms with Crippen LogP contribution in [0.4, 0.5) is 13.2 Å². The Morgan fingerprint density at radius 2 is 1.55 bits per heavy atom. The van der Waals surface area contributed by atoms with Crippen molar-refractivity contribution in [3.8, 4) is 21.6 Å². The van der Waals surface area contributed by atoms with E-state index >= 15 is 0 Å². The first-order valence-corrected chi connectivity index (χ1v) is 17.6. The molecule has 3 aromatic carbocycles. The molecule has 1 aliphatic rings.